The zero-order valence-electron chi connectivity index (χ0n) is 24.3. The normalized spacial score (nSPS) is 40.4. The summed E-state index contributed by atoms with van der Waals surface area (Å²) in [6, 6.07) is 0. The van der Waals surface area contributed by atoms with Crippen molar-refractivity contribution in [3.63, 3.8) is 0 Å². The van der Waals surface area contributed by atoms with Crippen LogP contribution >= 0.6 is 15.6 Å². The Labute approximate surface area is 262 Å². The fourth-order valence-electron chi connectivity index (χ4n) is 7.28. The van der Waals surface area contributed by atoms with Gasteiger partial charge in [0.15, 0.2) is 28.9 Å². The molecule has 47 heavy (non-hydrogen) atoms. The van der Waals surface area contributed by atoms with Crippen molar-refractivity contribution in [3.8, 4) is 0 Å². The molecule has 7 N–H and O–H groups in total. The minimum absolute atomic E-state index is 0.0529. The summed E-state index contributed by atoms with van der Waals surface area (Å²) >= 11 is 0. The van der Waals surface area contributed by atoms with Gasteiger partial charge in [-0.05, 0) is 19.3 Å². The number of aromatic amines is 1. The van der Waals surface area contributed by atoms with Crippen molar-refractivity contribution in [2.75, 3.05) is 25.6 Å². The first-order valence-electron chi connectivity index (χ1n) is 14.5. The van der Waals surface area contributed by atoms with Crippen LogP contribution in [0.15, 0.2) is 23.8 Å². The van der Waals surface area contributed by atoms with Gasteiger partial charge >= 0.3 is 15.6 Å². The number of nitrogens with zero attached hydrogens (tertiary/aromatic N) is 7. The third kappa shape index (κ3) is 4.80. The molecule has 4 aliphatic rings. The van der Waals surface area contributed by atoms with E-state index in [0.29, 0.717) is 12.1 Å². The molecule has 252 valence electrons. The Morgan fingerprint density at radius 1 is 1.04 bits per heavy atom. The van der Waals surface area contributed by atoms with Crippen LogP contribution in [0.1, 0.15) is 18.5 Å². The Hall–Kier alpha value is -3.20. The molecule has 0 radical (unpaired) electrons. The Morgan fingerprint density at radius 2 is 1.77 bits per heavy atom. The molecule has 4 fully saturated rings. The Bertz CT molecular complexity index is 2060. The molecule has 2 saturated carbocycles. The van der Waals surface area contributed by atoms with E-state index in [-0.39, 0.29) is 28.3 Å². The van der Waals surface area contributed by atoms with E-state index in [0.717, 1.165) is 0 Å². The maximum Gasteiger partial charge on any atom is 0.472 e. The number of nitrogens with one attached hydrogen (secondary N) is 1. The average Bonchev–Trinajstić information content (AvgIpc) is 3.30. The number of aliphatic hydroxyl groups excluding tert-OH is 2. The van der Waals surface area contributed by atoms with Gasteiger partial charge in [-0.1, -0.05) is 0 Å². The highest BCUT2D eigenvalue weighted by Crippen LogP contribution is 2.68. The molecule has 4 aromatic rings. The first kappa shape index (κ1) is 31.1. The van der Waals surface area contributed by atoms with Crippen LogP contribution in [0.2, 0.25) is 0 Å². The summed E-state index contributed by atoms with van der Waals surface area (Å²) in [5, 5.41) is 21.9. The number of nitrogen functional groups attached to an aromatic ring is 1. The quantitative estimate of drug-likeness (QED) is 0.141. The van der Waals surface area contributed by atoms with E-state index in [1.165, 1.54) is 23.5 Å². The largest absolute Gasteiger partial charge is 0.472 e. The van der Waals surface area contributed by atoms with Crippen LogP contribution in [0.5, 0.6) is 0 Å². The Balaban J connectivity index is 1.15. The van der Waals surface area contributed by atoms with Gasteiger partial charge in [0, 0.05) is 11.8 Å². The third-order valence-electron chi connectivity index (χ3n) is 9.47. The molecular formula is C24H29N9O12P2. The van der Waals surface area contributed by atoms with E-state index in [4.69, 9.17) is 28.6 Å². The number of aromatic nitrogens is 8. The van der Waals surface area contributed by atoms with Crippen molar-refractivity contribution in [3.05, 3.63) is 35.2 Å². The van der Waals surface area contributed by atoms with Crippen LogP contribution in [0, 0.1) is 24.7 Å². The fourth-order valence-corrected chi connectivity index (χ4v) is 9.25. The lowest BCUT2D eigenvalue weighted by Crippen LogP contribution is -2.40. The van der Waals surface area contributed by atoms with Crippen LogP contribution in [-0.4, -0.2) is 103 Å². The van der Waals surface area contributed by atoms with E-state index < -0.39 is 95.0 Å². The van der Waals surface area contributed by atoms with Crippen molar-refractivity contribution in [1.82, 2.24) is 39.0 Å². The van der Waals surface area contributed by atoms with Crippen LogP contribution in [0.25, 0.3) is 22.3 Å². The van der Waals surface area contributed by atoms with Crippen LogP contribution < -0.4 is 11.3 Å². The minimum Gasteiger partial charge on any atom is -0.396 e. The highest BCUT2D eigenvalue weighted by Gasteiger charge is 2.74. The second kappa shape index (κ2) is 10.6. The lowest BCUT2D eigenvalue weighted by molar-refractivity contribution is -0.0646. The zero-order chi connectivity index (χ0) is 33.0. The van der Waals surface area contributed by atoms with E-state index in [1.807, 2.05) is 0 Å². The van der Waals surface area contributed by atoms with Gasteiger partial charge in [-0.25, -0.2) is 34.0 Å². The first-order chi connectivity index (χ1) is 22.3. The van der Waals surface area contributed by atoms with Gasteiger partial charge in [0.05, 0.1) is 44.1 Å². The number of phosphoric ester groups is 2. The summed E-state index contributed by atoms with van der Waals surface area (Å²) in [6.07, 6.45) is -2.61. The Kier molecular flexibility index (Phi) is 7.04. The van der Waals surface area contributed by atoms with Crippen molar-refractivity contribution < 1.29 is 52.0 Å². The van der Waals surface area contributed by atoms with E-state index in [9.17, 15) is 33.9 Å². The number of H-pyrrole nitrogens is 1. The van der Waals surface area contributed by atoms with Crippen LogP contribution in [-0.2, 0) is 37.5 Å². The molecule has 2 aliphatic heterocycles. The number of imidazole rings is 2. The van der Waals surface area contributed by atoms with Gasteiger partial charge in [-0.3, -0.25) is 27.5 Å². The standard InChI is InChI=1S/C24H29N9O12P2/c1-9-30-21-15(22(36)31-9)28-7-32(21)23-17-10(3-34)13(43-23)5-42-47(39,40)44-16-11(4-41-46(37,38)45-17)12-2-24(12,18(16)35)33-8-29-14-19(25)26-6-27-20(14)33/h6-8,10-13,16-18,23,34-35H,2-5H2,1H3,(H,37,38)(H,39,40)(H2,25,26,27)(H,30,31,36)/t10-,11+,12+,13-,16-,17-,18-,23-,24+/m1/s1. The van der Waals surface area contributed by atoms with Gasteiger partial charge in [0.1, 0.15) is 36.0 Å². The summed E-state index contributed by atoms with van der Waals surface area (Å²) in [7, 11) is -9.94. The number of aryl methyl sites for hydroxylation is 1. The maximum absolute atomic E-state index is 13.5. The average molecular weight is 697 g/mol. The molecule has 21 nitrogen and oxygen atoms in total. The van der Waals surface area contributed by atoms with Crippen molar-refractivity contribution in [2.24, 2.45) is 17.8 Å². The molecule has 0 amide bonds. The molecule has 4 aromatic heterocycles. The molecule has 23 heteroatoms. The lowest BCUT2D eigenvalue weighted by atomic mass is 9.99. The van der Waals surface area contributed by atoms with Crippen molar-refractivity contribution in [2.45, 2.75) is 49.5 Å². The molecule has 2 unspecified atom stereocenters. The van der Waals surface area contributed by atoms with Crippen LogP contribution in [0.4, 0.5) is 5.82 Å². The number of phosphoric acid groups is 2. The predicted molar refractivity (Wildman–Crippen MR) is 154 cm³/mol. The summed E-state index contributed by atoms with van der Waals surface area (Å²) in [6.45, 7) is -0.327. The Morgan fingerprint density at radius 3 is 2.53 bits per heavy atom. The van der Waals surface area contributed by atoms with Gasteiger partial charge in [0.2, 0.25) is 0 Å². The maximum atomic E-state index is 13.5. The number of fused-ring (bicyclic) bond motifs is 7. The number of nitrogens with two attached hydrogens (primary N) is 1. The molecule has 6 heterocycles. The highest BCUT2D eigenvalue weighted by molar-refractivity contribution is 7.47. The molecule has 0 aromatic carbocycles. The smallest absolute Gasteiger partial charge is 0.396 e. The topological polar surface area (TPSA) is 294 Å². The lowest BCUT2D eigenvalue weighted by Gasteiger charge is -2.30. The van der Waals surface area contributed by atoms with Gasteiger partial charge < -0.3 is 40.0 Å². The second-order valence-electron chi connectivity index (χ2n) is 12.0. The number of rotatable bonds is 3. The molecule has 11 atom stereocenters. The van der Waals surface area contributed by atoms with Gasteiger partial charge in [0.25, 0.3) is 5.56 Å². The van der Waals surface area contributed by atoms with E-state index in [2.05, 4.69) is 29.9 Å². The van der Waals surface area contributed by atoms with E-state index in [1.54, 1.807) is 11.5 Å². The number of hydrogen-bond donors (Lipinski definition) is 6. The number of hydrogen-bond acceptors (Lipinski definition) is 16. The number of anilines is 1. The molecule has 2 saturated heterocycles. The van der Waals surface area contributed by atoms with Crippen LogP contribution in [0.3, 0.4) is 0 Å². The minimum atomic E-state index is -4.98. The summed E-state index contributed by atoms with van der Waals surface area (Å²) < 4.78 is 57.8. The molecule has 8 rings (SSSR count). The number of ether oxygens (including phenoxy) is 1. The molecule has 2 aliphatic carbocycles. The zero-order valence-corrected chi connectivity index (χ0v) is 26.1. The SMILES string of the molecule is Cc1nc2c(ncn2[C@@H]2O[C@@H]3COP(=O)(O)O[C@@H]4[C@@H](COP(=O)(O)O[C@@H]2[C@@H]3CO)[C@@H]2C[C@@]2(n2cnc3c(N)ncnc32)[C@@H]4O)c(=O)[nH]1. The second-order valence-corrected chi connectivity index (χ2v) is 14.8. The van der Waals surface area contributed by atoms with Gasteiger partial charge in [-0.15, -0.1) is 0 Å². The fraction of sp³-hybridized carbons (Fsp3) is 0.583. The van der Waals surface area contributed by atoms with E-state index >= 15 is 0 Å². The summed E-state index contributed by atoms with van der Waals surface area (Å²) in [4.78, 5) is 57.6. The molecular weight excluding hydrogens is 668 g/mol. The molecule has 2 bridgehead atoms. The summed E-state index contributed by atoms with van der Waals surface area (Å²) in [5.74, 6) is -2.15. The first-order valence-corrected chi connectivity index (χ1v) is 17.5. The third-order valence-corrected chi connectivity index (χ3v) is 11.4. The monoisotopic (exact) mass is 697 g/mol. The van der Waals surface area contributed by atoms with Gasteiger partial charge in [-0.2, -0.15) is 0 Å². The highest BCUT2D eigenvalue weighted by atomic mass is 31.2. The van der Waals surface area contributed by atoms with Crippen molar-refractivity contribution >= 4 is 43.8 Å². The predicted octanol–water partition coefficient (Wildman–Crippen LogP) is -0.920. The molecule has 0 spiro atoms. The van der Waals surface area contributed by atoms with Crippen molar-refractivity contribution in [1.29, 1.82) is 0 Å². The number of aliphatic hydroxyl groups is 2. The summed E-state index contributed by atoms with van der Waals surface area (Å²) in [5.41, 5.74) is 4.87.